The molecule has 2 aromatic heterocycles. The van der Waals surface area contributed by atoms with Crippen LogP contribution in [-0.4, -0.2) is 21.7 Å². The molecule has 0 atom stereocenters. The molecule has 0 N–H and O–H groups in total. The van der Waals surface area contributed by atoms with Gasteiger partial charge in [0.15, 0.2) is 10.9 Å². The number of allylic oxidation sites excluding steroid dienone is 1. The van der Waals surface area contributed by atoms with Crippen molar-refractivity contribution in [3.8, 4) is 0 Å². The van der Waals surface area contributed by atoms with E-state index in [1.165, 1.54) is 36.1 Å². The second kappa shape index (κ2) is 8.05. The van der Waals surface area contributed by atoms with Crippen molar-refractivity contribution < 1.29 is 9.59 Å². The molecule has 0 spiro atoms. The zero-order valence-corrected chi connectivity index (χ0v) is 16.2. The number of aromatic nitrogens is 2. The smallest absolute Gasteiger partial charge is 0.230 e. The van der Waals surface area contributed by atoms with Crippen LogP contribution in [0.5, 0.6) is 0 Å². The van der Waals surface area contributed by atoms with Crippen LogP contribution in [0.3, 0.4) is 0 Å². The minimum Gasteiger partial charge on any atom is -0.289 e. The Bertz CT molecular complexity index is 1010. The molecular weight excluding hydrogens is 358 g/mol. The number of aryl methyl sites for hydroxylation is 2. The molecule has 3 aromatic rings. The largest absolute Gasteiger partial charge is 0.289 e. The van der Waals surface area contributed by atoms with Gasteiger partial charge in [-0.1, -0.05) is 6.07 Å². The Morgan fingerprint density at radius 2 is 1.96 bits per heavy atom. The van der Waals surface area contributed by atoms with Gasteiger partial charge in [0.05, 0.1) is 11.4 Å². The first kappa shape index (κ1) is 18.7. The fourth-order valence-electron chi connectivity index (χ4n) is 2.51. The summed E-state index contributed by atoms with van der Waals surface area (Å²) in [7, 11) is 0. The summed E-state index contributed by atoms with van der Waals surface area (Å²) < 4.78 is 0. The number of amides is 1. The van der Waals surface area contributed by atoms with Crippen molar-refractivity contribution >= 4 is 39.9 Å². The number of nitrogens with zero attached hydrogens (tertiary/aromatic N) is 3. The Kier molecular flexibility index (Phi) is 5.57. The van der Waals surface area contributed by atoms with Crippen molar-refractivity contribution in [2.45, 2.75) is 20.8 Å². The highest BCUT2D eigenvalue weighted by molar-refractivity contribution is 7.14. The van der Waals surface area contributed by atoms with E-state index in [1.54, 1.807) is 29.3 Å². The number of carbonyl (C=O) groups is 2. The van der Waals surface area contributed by atoms with Crippen LogP contribution in [-0.2, 0) is 4.79 Å². The second-order valence-electron chi connectivity index (χ2n) is 6.12. The minimum atomic E-state index is -0.143. The number of ketones is 1. The summed E-state index contributed by atoms with van der Waals surface area (Å²) in [6, 6.07) is 9.30. The number of pyridine rings is 1. The Morgan fingerprint density at radius 1 is 1.15 bits per heavy atom. The lowest BCUT2D eigenvalue weighted by atomic mass is 10.1. The zero-order valence-electron chi connectivity index (χ0n) is 15.3. The predicted molar refractivity (Wildman–Crippen MR) is 108 cm³/mol. The molecule has 0 radical (unpaired) electrons. The van der Waals surface area contributed by atoms with Crippen LogP contribution in [0.2, 0.25) is 0 Å². The van der Waals surface area contributed by atoms with E-state index in [0.29, 0.717) is 16.4 Å². The molecule has 1 amide bonds. The van der Waals surface area contributed by atoms with Crippen molar-refractivity contribution in [3.63, 3.8) is 0 Å². The van der Waals surface area contributed by atoms with E-state index in [4.69, 9.17) is 0 Å². The highest BCUT2D eigenvalue weighted by atomic mass is 32.1. The molecule has 0 unspecified atom stereocenters. The SMILES string of the molecule is CC(=O)N(c1ccc(C)c(C)c1)c1nc(/C=C/C(=O)c2cccnc2)cs1. The molecule has 0 aliphatic heterocycles. The molecule has 2 heterocycles. The van der Waals surface area contributed by atoms with E-state index in [2.05, 4.69) is 9.97 Å². The van der Waals surface area contributed by atoms with Gasteiger partial charge in [-0.15, -0.1) is 11.3 Å². The summed E-state index contributed by atoms with van der Waals surface area (Å²) in [6.07, 6.45) is 6.25. The molecule has 0 fully saturated rings. The van der Waals surface area contributed by atoms with Crippen molar-refractivity contribution in [1.29, 1.82) is 0 Å². The molecule has 0 saturated carbocycles. The summed E-state index contributed by atoms with van der Waals surface area (Å²) in [5.41, 5.74) is 4.20. The maximum Gasteiger partial charge on any atom is 0.230 e. The second-order valence-corrected chi connectivity index (χ2v) is 6.95. The lowest BCUT2D eigenvalue weighted by molar-refractivity contribution is -0.115. The number of hydrogen-bond acceptors (Lipinski definition) is 5. The molecule has 3 rings (SSSR count). The summed E-state index contributed by atoms with van der Waals surface area (Å²) in [5, 5.41) is 2.39. The van der Waals surface area contributed by atoms with Crippen molar-refractivity contribution in [2.24, 2.45) is 0 Å². The number of hydrogen-bond donors (Lipinski definition) is 0. The molecule has 0 aliphatic rings. The van der Waals surface area contributed by atoms with Gasteiger partial charge in [-0.2, -0.15) is 0 Å². The highest BCUT2D eigenvalue weighted by Gasteiger charge is 2.18. The third-order valence-corrected chi connectivity index (χ3v) is 4.96. The first-order chi connectivity index (χ1) is 13.0. The molecule has 6 heteroatoms. The Labute approximate surface area is 162 Å². The predicted octanol–water partition coefficient (Wildman–Crippen LogP) is 4.74. The van der Waals surface area contributed by atoms with Crippen LogP contribution < -0.4 is 4.90 Å². The molecule has 0 saturated heterocycles. The van der Waals surface area contributed by atoms with Crippen LogP contribution in [0.25, 0.3) is 6.08 Å². The van der Waals surface area contributed by atoms with E-state index in [9.17, 15) is 9.59 Å². The van der Waals surface area contributed by atoms with Crippen molar-refractivity contribution in [1.82, 2.24) is 9.97 Å². The van der Waals surface area contributed by atoms with E-state index >= 15 is 0 Å². The van der Waals surface area contributed by atoms with E-state index < -0.39 is 0 Å². The number of anilines is 2. The van der Waals surface area contributed by atoms with Crippen molar-refractivity contribution in [2.75, 3.05) is 4.90 Å². The number of thiazole rings is 1. The van der Waals surface area contributed by atoms with E-state index in [-0.39, 0.29) is 11.7 Å². The lowest BCUT2D eigenvalue weighted by Gasteiger charge is -2.19. The van der Waals surface area contributed by atoms with Crippen LogP contribution in [0.1, 0.15) is 34.1 Å². The van der Waals surface area contributed by atoms with Crippen LogP contribution in [0, 0.1) is 13.8 Å². The van der Waals surface area contributed by atoms with Gasteiger partial charge in [-0.3, -0.25) is 19.5 Å². The Hall–Kier alpha value is -3.12. The zero-order chi connectivity index (χ0) is 19.4. The maximum atomic E-state index is 12.2. The highest BCUT2D eigenvalue weighted by Crippen LogP contribution is 2.30. The molecule has 0 aliphatic carbocycles. The third-order valence-electron chi connectivity index (χ3n) is 4.12. The Morgan fingerprint density at radius 3 is 2.63 bits per heavy atom. The summed E-state index contributed by atoms with van der Waals surface area (Å²) >= 11 is 1.36. The summed E-state index contributed by atoms with van der Waals surface area (Å²) in [5.74, 6) is -0.259. The van der Waals surface area contributed by atoms with Crippen LogP contribution in [0.4, 0.5) is 10.8 Å². The van der Waals surface area contributed by atoms with Gasteiger partial charge in [0, 0.05) is 30.3 Å². The average molecular weight is 377 g/mol. The molecule has 0 bridgehead atoms. The fraction of sp³-hybridized carbons (Fsp3) is 0.143. The summed E-state index contributed by atoms with van der Waals surface area (Å²) in [4.78, 5) is 34.4. The normalized spacial score (nSPS) is 10.9. The van der Waals surface area contributed by atoms with E-state index in [1.807, 2.05) is 37.4 Å². The van der Waals surface area contributed by atoms with Gasteiger partial charge in [-0.25, -0.2) is 4.98 Å². The molecule has 27 heavy (non-hydrogen) atoms. The minimum absolute atomic E-state index is 0.116. The first-order valence-corrected chi connectivity index (χ1v) is 9.29. The van der Waals surface area contributed by atoms with Gasteiger partial charge >= 0.3 is 0 Å². The standard InChI is InChI=1S/C21H19N3O2S/c1-14-6-8-19(11-15(14)2)24(16(3)25)21-23-18(13-27-21)7-9-20(26)17-5-4-10-22-12-17/h4-13H,1-3H3/b9-7+. The third kappa shape index (κ3) is 4.35. The van der Waals surface area contributed by atoms with Crippen LogP contribution >= 0.6 is 11.3 Å². The van der Waals surface area contributed by atoms with Gasteiger partial charge in [0.2, 0.25) is 5.91 Å². The number of carbonyl (C=O) groups excluding carboxylic acids is 2. The summed E-state index contributed by atoms with van der Waals surface area (Å²) in [6.45, 7) is 5.55. The first-order valence-electron chi connectivity index (χ1n) is 8.41. The van der Waals surface area contributed by atoms with Gasteiger partial charge in [0.1, 0.15) is 0 Å². The molecule has 136 valence electrons. The molecule has 1 aromatic carbocycles. The monoisotopic (exact) mass is 377 g/mol. The topological polar surface area (TPSA) is 63.2 Å². The van der Waals surface area contributed by atoms with Crippen molar-refractivity contribution in [3.05, 3.63) is 76.6 Å². The average Bonchev–Trinajstić information content (AvgIpc) is 3.11. The maximum absolute atomic E-state index is 12.2. The van der Waals surface area contributed by atoms with Gasteiger partial charge < -0.3 is 0 Å². The van der Waals surface area contributed by atoms with E-state index in [0.717, 1.165) is 11.3 Å². The van der Waals surface area contributed by atoms with Gasteiger partial charge in [-0.05, 0) is 61.4 Å². The number of benzene rings is 1. The quantitative estimate of drug-likeness (QED) is 0.476. The molecule has 5 nitrogen and oxygen atoms in total. The van der Waals surface area contributed by atoms with Crippen LogP contribution in [0.15, 0.2) is 54.2 Å². The fourth-order valence-corrected chi connectivity index (χ4v) is 3.37. The number of rotatable bonds is 5. The molecular formula is C21H19N3O2S. The Balaban J connectivity index is 1.84. The lowest BCUT2D eigenvalue weighted by Crippen LogP contribution is -2.22. The van der Waals surface area contributed by atoms with Gasteiger partial charge in [0.25, 0.3) is 0 Å².